The minimum absolute atomic E-state index is 0.0338. The van der Waals surface area contributed by atoms with Crippen LogP contribution in [0.1, 0.15) is 12.0 Å². The topological polar surface area (TPSA) is 71.9 Å². The maximum absolute atomic E-state index is 14.1. The van der Waals surface area contributed by atoms with Gasteiger partial charge in [0.2, 0.25) is 11.6 Å². The van der Waals surface area contributed by atoms with Crippen molar-refractivity contribution in [2.75, 3.05) is 20.2 Å². The molecule has 0 radical (unpaired) electrons. The third-order valence-electron chi connectivity index (χ3n) is 3.95. The number of aromatic nitrogens is 1. The molecule has 130 valence electrons. The van der Waals surface area contributed by atoms with Gasteiger partial charge in [0.1, 0.15) is 0 Å². The van der Waals surface area contributed by atoms with Crippen molar-refractivity contribution in [2.45, 2.75) is 6.42 Å². The molecule has 0 atom stereocenters. The molecular formula is C18H17FN2O4. The summed E-state index contributed by atoms with van der Waals surface area (Å²) in [6.07, 6.45) is 2.95. The van der Waals surface area contributed by atoms with Gasteiger partial charge in [-0.2, -0.15) is 0 Å². The highest BCUT2D eigenvalue weighted by molar-refractivity contribution is 5.73. The number of methoxy groups -OCH3 is 1. The van der Waals surface area contributed by atoms with Crippen LogP contribution >= 0.6 is 0 Å². The molecule has 1 N–H and O–H groups in total. The number of para-hydroxylation sites is 1. The largest absolute Gasteiger partial charge is 0.493 e. The molecule has 1 aliphatic heterocycles. The predicted molar refractivity (Wildman–Crippen MR) is 89.5 cm³/mol. The van der Waals surface area contributed by atoms with Gasteiger partial charge < -0.3 is 19.5 Å². The Bertz CT molecular complexity index is 822. The Balaban J connectivity index is 1.92. The first-order chi connectivity index (χ1) is 12.1. The molecule has 3 rings (SSSR count). The van der Waals surface area contributed by atoms with E-state index < -0.39 is 11.9 Å². The number of nitrogens with zero attached hydrogens (tertiary/aromatic N) is 2. The van der Waals surface area contributed by atoms with E-state index in [1.165, 1.54) is 24.1 Å². The Kier molecular flexibility index (Phi) is 4.83. The van der Waals surface area contributed by atoms with Crippen LogP contribution in [0.15, 0.2) is 42.6 Å². The lowest BCUT2D eigenvalue weighted by molar-refractivity contribution is 0.150. The van der Waals surface area contributed by atoms with Gasteiger partial charge in [-0.15, -0.1) is 0 Å². The van der Waals surface area contributed by atoms with E-state index in [1.807, 2.05) is 12.1 Å². The lowest BCUT2D eigenvalue weighted by atomic mass is 10.0. The molecule has 1 amide bonds. The molecule has 1 aromatic carbocycles. The smallest absolute Gasteiger partial charge is 0.407 e. The number of rotatable bonds is 4. The molecule has 0 bridgehead atoms. The van der Waals surface area contributed by atoms with E-state index in [9.17, 15) is 9.18 Å². The number of halogens is 1. The van der Waals surface area contributed by atoms with Crippen molar-refractivity contribution in [2.24, 2.45) is 0 Å². The molecule has 1 aromatic heterocycles. The van der Waals surface area contributed by atoms with Crippen LogP contribution in [0.3, 0.4) is 0 Å². The second-order valence-electron chi connectivity index (χ2n) is 5.44. The van der Waals surface area contributed by atoms with Gasteiger partial charge in [0.25, 0.3) is 0 Å². The summed E-state index contributed by atoms with van der Waals surface area (Å²) in [6, 6.07) is 7.99. The SMILES string of the molecule is COc1cccc(F)c1Oc1ncccc1C1=CCN(C(=O)O)CC1. The molecular weight excluding hydrogens is 327 g/mol. The van der Waals surface area contributed by atoms with Gasteiger partial charge in [-0.1, -0.05) is 12.1 Å². The zero-order valence-corrected chi connectivity index (χ0v) is 13.6. The highest BCUT2D eigenvalue weighted by Gasteiger charge is 2.21. The maximum atomic E-state index is 14.1. The van der Waals surface area contributed by atoms with E-state index in [0.29, 0.717) is 25.1 Å². The van der Waals surface area contributed by atoms with Crippen LogP contribution in [0.25, 0.3) is 5.57 Å². The monoisotopic (exact) mass is 344 g/mol. The van der Waals surface area contributed by atoms with Crippen molar-refractivity contribution in [1.82, 2.24) is 9.88 Å². The van der Waals surface area contributed by atoms with Crippen molar-refractivity contribution in [3.63, 3.8) is 0 Å². The zero-order chi connectivity index (χ0) is 17.8. The molecule has 0 unspecified atom stereocenters. The van der Waals surface area contributed by atoms with Crippen LogP contribution in [0.4, 0.5) is 9.18 Å². The Hall–Kier alpha value is -3.09. The van der Waals surface area contributed by atoms with Gasteiger partial charge in [-0.3, -0.25) is 0 Å². The first-order valence-electron chi connectivity index (χ1n) is 7.73. The number of pyridine rings is 1. The lowest BCUT2D eigenvalue weighted by Crippen LogP contribution is -2.33. The van der Waals surface area contributed by atoms with E-state index in [4.69, 9.17) is 14.6 Å². The van der Waals surface area contributed by atoms with Crippen LogP contribution in [-0.2, 0) is 0 Å². The van der Waals surface area contributed by atoms with Crippen LogP contribution in [0.5, 0.6) is 17.4 Å². The standard InChI is InChI=1S/C18H17FN2O4/c1-24-15-6-2-5-14(19)16(15)25-17-13(4-3-9-20-17)12-7-10-21(11-8-12)18(22)23/h2-7,9H,8,10-11H2,1H3,(H,22,23). The van der Waals surface area contributed by atoms with Crippen molar-refractivity contribution in [3.05, 3.63) is 54.0 Å². The van der Waals surface area contributed by atoms with E-state index in [0.717, 1.165) is 5.57 Å². The van der Waals surface area contributed by atoms with Crippen LogP contribution in [-0.4, -0.2) is 41.3 Å². The molecule has 0 saturated carbocycles. The third-order valence-corrected chi connectivity index (χ3v) is 3.95. The molecule has 0 aliphatic carbocycles. The van der Waals surface area contributed by atoms with Gasteiger partial charge in [0, 0.05) is 24.8 Å². The second kappa shape index (κ2) is 7.21. The fourth-order valence-electron chi connectivity index (χ4n) is 2.65. The van der Waals surface area contributed by atoms with Crippen molar-refractivity contribution < 1.29 is 23.8 Å². The van der Waals surface area contributed by atoms with Gasteiger partial charge in [0.15, 0.2) is 11.6 Å². The third kappa shape index (κ3) is 3.55. The summed E-state index contributed by atoms with van der Waals surface area (Å²) in [6.45, 7) is 0.681. The summed E-state index contributed by atoms with van der Waals surface area (Å²) in [5.41, 5.74) is 1.62. The van der Waals surface area contributed by atoms with Crippen molar-refractivity contribution >= 4 is 11.7 Å². The van der Waals surface area contributed by atoms with Crippen LogP contribution < -0.4 is 9.47 Å². The first kappa shape index (κ1) is 16.8. The molecule has 2 heterocycles. The predicted octanol–water partition coefficient (Wildman–Crippen LogP) is 3.79. The van der Waals surface area contributed by atoms with Gasteiger partial charge >= 0.3 is 6.09 Å². The molecule has 6 nitrogen and oxygen atoms in total. The summed E-state index contributed by atoms with van der Waals surface area (Å²) in [4.78, 5) is 16.5. The van der Waals surface area contributed by atoms with Crippen LogP contribution in [0, 0.1) is 5.82 Å². The number of ether oxygens (including phenoxy) is 2. The highest BCUT2D eigenvalue weighted by Crippen LogP contribution is 2.37. The maximum Gasteiger partial charge on any atom is 0.407 e. The summed E-state index contributed by atoms with van der Waals surface area (Å²) < 4.78 is 25.0. The number of hydrogen-bond donors (Lipinski definition) is 1. The van der Waals surface area contributed by atoms with Gasteiger partial charge in [0.05, 0.1) is 7.11 Å². The fraction of sp³-hybridized carbons (Fsp3) is 0.222. The molecule has 7 heteroatoms. The van der Waals surface area contributed by atoms with E-state index in [1.54, 1.807) is 18.3 Å². The van der Waals surface area contributed by atoms with E-state index in [2.05, 4.69) is 4.98 Å². The van der Waals surface area contributed by atoms with E-state index >= 15 is 0 Å². The van der Waals surface area contributed by atoms with Crippen molar-refractivity contribution in [1.29, 1.82) is 0 Å². The highest BCUT2D eigenvalue weighted by atomic mass is 19.1. The summed E-state index contributed by atoms with van der Waals surface area (Å²) in [7, 11) is 1.44. The molecule has 25 heavy (non-hydrogen) atoms. The average Bonchev–Trinajstić information content (AvgIpc) is 2.64. The number of carbonyl (C=O) groups is 1. The van der Waals surface area contributed by atoms with Crippen molar-refractivity contribution in [3.8, 4) is 17.4 Å². The molecule has 2 aromatic rings. The molecule has 0 saturated heterocycles. The van der Waals surface area contributed by atoms with Gasteiger partial charge in [-0.25, -0.2) is 14.2 Å². The number of carboxylic acid groups (broad SMARTS) is 1. The molecule has 1 aliphatic rings. The Morgan fingerprint density at radius 2 is 2.16 bits per heavy atom. The average molecular weight is 344 g/mol. The summed E-state index contributed by atoms with van der Waals surface area (Å²) in [5.74, 6) is -0.0636. The Morgan fingerprint density at radius 3 is 2.84 bits per heavy atom. The quantitative estimate of drug-likeness (QED) is 0.914. The molecule has 0 fully saturated rings. The van der Waals surface area contributed by atoms with Gasteiger partial charge in [-0.05, 0) is 36.3 Å². The minimum atomic E-state index is -0.950. The Morgan fingerprint density at radius 1 is 1.32 bits per heavy atom. The Labute approximate surface area is 144 Å². The zero-order valence-electron chi connectivity index (χ0n) is 13.6. The second-order valence-corrected chi connectivity index (χ2v) is 5.44. The first-order valence-corrected chi connectivity index (χ1v) is 7.73. The molecule has 0 spiro atoms. The summed E-state index contributed by atoms with van der Waals surface area (Å²) >= 11 is 0. The minimum Gasteiger partial charge on any atom is -0.493 e. The van der Waals surface area contributed by atoms with Crippen LogP contribution in [0.2, 0.25) is 0 Å². The fourth-order valence-corrected chi connectivity index (χ4v) is 2.65. The van der Waals surface area contributed by atoms with E-state index in [-0.39, 0.29) is 17.4 Å². The lowest BCUT2D eigenvalue weighted by Gasteiger charge is -2.24. The normalized spacial score (nSPS) is 14.0. The number of amides is 1. The number of hydrogen-bond acceptors (Lipinski definition) is 4. The number of benzene rings is 1. The summed E-state index contributed by atoms with van der Waals surface area (Å²) in [5, 5.41) is 9.04.